The van der Waals surface area contributed by atoms with E-state index in [2.05, 4.69) is 39.8 Å². The van der Waals surface area contributed by atoms with Crippen LogP contribution in [0.4, 0.5) is 11.4 Å². The van der Waals surface area contributed by atoms with Gasteiger partial charge in [-0.3, -0.25) is 9.59 Å². The van der Waals surface area contributed by atoms with Gasteiger partial charge in [0.15, 0.2) is 0 Å². The number of carbonyl (C=O) groups excluding carboxylic acids is 2. The highest BCUT2D eigenvalue weighted by Gasteiger charge is 2.23. The molecule has 5 heteroatoms. The molecule has 5 nitrogen and oxygen atoms in total. The summed E-state index contributed by atoms with van der Waals surface area (Å²) in [5.41, 5.74) is 5.75. The molecule has 34 heavy (non-hydrogen) atoms. The summed E-state index contributed by atoms with van der Waals surface area (Å²) >= 11 is 0. The van der Waals surface area contributed by atoms with Crippen molar-refractivity contribution in [3.8, 4) is 0 Å². The molecule has 0 aromatic heterocycles. The molecule has 1 aliphatic rings. The van der Waals surface area contributed by atoms with Crippen molar-refractivity contribution in [1.29, 1.82) is 0 Å². The molecule has 0 aliphatic carbocycles. The number of carbonyl (C=O) groups is 2. The Labute approximate surface area is 202 Å². The number of nitrogens with one attached hydrogen (secondary N) is 2. The molecule has 0 fully saturated rings. The molecule has 0 saturated carbocycles. The van der Waals surface area contributed by atoms with Crippen LogP contribution in [-0.2, 0) is 17.8 Å². The van der Waals surface area contributed by atoms with Gasteiger partial charge in [-0.2, -0.15) is 0 Å². The highest BCUT2D eigenvalue weighted by atomic mass is 16.2. The second-order valence-corrected chi connectivity index (χ2v) is 9.16. The largest absolute Gasteiger partial charge is 0.366 e. The van der Waals surface area contributed by atoms with E-state index >= 15 is 0 Å². The minimum Gasteiger partial charge on any atom is -0.366 e. The third-order valence-corrected chi connectivity index (χ3v) is 6.33. The topological polar surface area (TPSA) is 61.4 Å². The molecule has 1 atom stereocenters. The quantitative estimate of drug-likeness (QED) is 0.493. The number of rotatable bonds is 7. The fourth-order valence-electron chi connectivity index (χ4n) is 4.60. The van der Waals surface area contributed by atoms with Crippen LogP contribution in [0.2, 0.25) is 0 Å². The van der Waals surface area contributed by atoms with Gasteiger partial charge in [0, 0.05) is 30.5 Å². The monoisotopic (exact) mass is 455 g/mol. The maximum atomic E-state index is 13.2. The highest BCUT2D eigenvalue weighted by Crippen LogP contribution is 2.30. The van der Waals surface area contributed by atoms with Crippen molar-refractivity contribution in [2.45, 2.75) is 52.1 Å². The molecule has 176 valence electrons. The van der Waals surface area contributed by atoms with Gasteiger partial charge in [-0.15, -0.1) is 0 Å². The van der Waals surface area contributed by atoms with Crippen molar-refractivity contribution < 1.29 is 9.59 Å². The number of benzene rings is 3. The lowest BCUT2D eigenvalue weighted by Crippen LogP contribution is -2.35. The van der Waals surface area contributed by atoms with E-state index in [1.165, 1.54) is 11.1 Å². The van der Waals surface area contributed by atoms with Gasteiger partial charge in [-0.1, -0.05) is 61.5 Å². The van der Waals surface area contributed by atoms with Gasteiger partial charge >= 0.3 is 0 Å². The second kappa shape index (κ2) is 10.6. The van der Waals surface area contributed by atoms with Crippen LogP contribution in [0.25, 0.3) is 0 Å². The van der Waals surface area contributed by atoms with Crippen LogP contribution in [0.1, 0.15) is 60.2 Å². The summed E-state index contributed by atoms with van der Waals surface area (Å²) in [6.45, 7) is 7.51. The summed E-state index contributed by atoms with van der Waals surface area (Å²) in [6.07, 6.45) is 1.64. The van der Waals surface area contributed by atoms with E-state index in [0.29, 0.717) is 17.7 Å². The Morgan fingerprint density at radius 3 is 2.35 bits per heavy atom. The molecule has 0 bridgehead atoms. The van der Waals surface area contributed by atoms with E-state index < -0.39 is 0 Å². The first-order valence-electron chi connectivity index (χ1n) is 12.1. The molecule has 0 spiro atoms. The zero-order valence-electron chi connectivity index (χ0n) is 20.2. The fourth-order valence-corrected chi connectivity index (χ4v) is 4.60. The number of fused-ring (bicyclic) bond motifs is 1. The molecule has 3 aromatic carbocycles. The summed E-state index contributed by atoms with van der Waals surface area (Å²) in [7, 11) is 0. The Morgan fingerprint density at radius 2 is 1.65 bits per heavy atom. The molecule has 0 saturated heterocycles. The van der Waals surface area contributed by atoms with E-state index in [4.69, 9.17) is 0 Å². The maximum Gasteiger partial charge on any atom is 0.253 e. The minimum absolute atomic E-state index is 0.0169. The van der Waals surface area contributed by atoms with Gasteiger partial charge in [-0.25, -0.2) is 0 Å². The maximum absolute atomic E-state index is 13.2. The van der Waals surface area contributed by atoms with Crippen LogP contribution < -0.4 is 15.5 Å². The zero-order chi connectivity index (χ0) is 24.1. The summed E-state index contributed by atoms with van der Waals surface area (Å²) in [5, 5.41) is 6.07. The average Bonchev–Trinajstić information content (AvgIpc) is 2.84. The number of anilines is 2. The Hall–Kier alpha value is -3.60. The van der Waals surface area contributed by atoms with Gasteiger partial charge in [0.1, 0.15) is 0 Å². The molecular formula is C29H33N3O2. The SMILES string of the molecule is CCC(C(=O)Nc1ccc(N2CCc3ccccc3C2)c(C(=O)NC(C)C)c1)c1ccccc1. The zero-order valence-corrected chi connectivity index (χ0v) is 20.2. The molecular weight excluding hydrogens is 422 g/mol. The van der Waals surface area contributed by atoms with E-state index in [-0.39, 0.29) is 23.8 Å². The molecule has 1 heterocycles. The van der Waals surface area contributed by atoms with Crippen molar-refractivity contribution in [3.63, 3.8) is 0 Å². The summed E-state index contributed by atoms with van der Waals surface area (Å²) in [5.74, 6) is -0.439. The van der Waals surface area contributed by atoms with Crippen molar-refractivity contribution in [1.82, 2.24) is 5.32 Å². The van der Waals surface area contributed by atoms with E-state index in [0.717, 1.165) is 30.8 Å². The van der Waals surface area contributed by atoms with Crippen LogP contribution in [0.5, 0.6) is 0 Å². The molecule has 4 rings (SSSR count). The first kappa shape index (κ1) is 23.6. The van der Waals surface area contributed by atoms with Crippen LogP contribution in [-0.4, -0.2) is 24.4 Å². The van der Waals surface area contributed by atoms with Gasteiger partial charge in [0.25, 0.3) is 5.91 Å². The van der Waals surface area contributed by atoms with Crippen LogP contribution >= 0.6 is 0 Å². The minimum atomic E-state index is -0.243. The number of amides is 2. The molecule has 0 radical (unpaired) electrons. The van der Waals surface area contributed by atoms with E-state index in [1.807, 2.05) is 69.3 Å². The molecule has 1 unspecified atom stereocenters. The van der Waals surface area contributed by atoms with Gasteiger partial charge in [0.2, 0.25) is 5.91 Å². The molecule has 2 N–H and O–H groups in total. The Kier molecular flexibility index (Phi) is 7.31. The summed E-state index contributed by atoms with van der Waals surface area (Å²) in [6, 6.07) is 24.0. The smallest absolute Gasteiger partial charge is 0.253 e. The van der Waals surface area contributed by atoms with Crippen LogP contribution in [0, 0.1) is 0 Å². The summed E-state index contributed by atoms with van der Waals surface area (Å²) in [4.78, 5) is 28.5. The molecule has 3 aromatic rings. The predicted molar refractivity (Wildman–Crippen MR) is 138 cm³/mol. The lowest BCUT2D eigenvalue weighted by Gasteiger charge is -2.32. The van der Waals surface area contributed by atoms with E-state index in [1.54, 1.807) is 0 Å². The van der Waals surface area contributed by atoms with Crippen LogP contribution in [0.15, 0.2) is 72.8 Å². The predicted octanol–water partition coefficient (Wildman–Crippen LogP) is 5.52. The first-order chi connectivity index (χ1) is 16.5. The number of hydrogen-bond acceptors (Lipinski definition) is 3. The van der Waals surface area contributed by atoms with Crippen molar-refractivity contribution >= 4 is 23.2 Å². The van der Waals surface area contributed by atoms with Crippen molar-refractivity contribution in [3.05, 3.63) is 95.1 Å². The normalized spacial score (nSPS) is 13.8. The third-order valence-electron chi connectivity index (χ3n) is 6.33. The number of nitrogens with zero attached hydrogens (tertiary/aromatic N) is 1. The third kappa shape index (κ3) is 5.30. The average molecular weight is 456 g/mol. The lowest BCUT2D eigenvalue weighted by molar-refractivity contribution is -0.117. The Balaban J connectivity index is 1.61. The van der Waals surface area contributed by atoms with Gasteiger partial charge < -0.3 is 15.5 Å². The fraction of sp³-hybridized carbons (Fsp3) is 0.310. The van der Waals surface area contributed by atoms with Crippen molar-refractivity contribution in [2.24, 2.45) is 0 Å². The second-order valence-electron chi connectivity index (χ2n) is 9.16. The van der Waals surface area contributed by atoms with Crippen molar-refractivity contribution in [2.75, 3.05) is 16.8 Å². The highest BCUT2D eigenvalue weighted by molar-refractivity contribution is 6.03. The standard InChI is InChI=1S/C29H33N3O2/c1-4-25(22-11-6-5-7-12-22)28(33)31-24-14-15-27(26(18-24)29(34)30-20(2)3)32-17-16-21-10-8-9-13-23(21)19-32/h5-15,18,20,25H,4,16-17,19H2,1-3H3,(H,30,34)(H,31,33). The number of hydrogen-bond donors (Lipinski definition) is 2. The Morgan fingerprint density at radius 1 is 0.941 bits per heavy atom. The summed E-state index contributed by atoms with van der Waals surface area (Å²) < 4.78 is 0. The van der Waals surface area contributed by atoms with Gasteiger partial charge in [-0.05, 0) is 61.6 Å². The Bertz CT molecular complexity index is 1160. The van der Waals surface area contributed by atoms with Crippen LogP contribution in [0.3, 0.4) is 0 Å². The first-order valence-corrected chi connectivity index (χ1v) is 12.1. The molecule has 2 amide bonds. The lowest BCUT2D eigenvalue weighted by atomic mass is 9.95. The van der Waals surface area contributed by atoms with Gasteiger partial charge in [0.05, 0.1) is 11.5 Å². The molecule has 1 aliphatic heterocycles. The van der Waals surface area contributed by atoms with E-state index in [9.17, 15) is 9.59 Å².